The summed E-state index contributed by atoms with van der Waals surface area (Å²) < 4.78 is 19.9. The van der Waals surface area contributed by atoms with Crippen molar-refractivity contribution in [3.63, 3.8) is 0 Å². The van der Waals surface area contributed by atoms with Gasteiger partial charge < -0.3 is 15.8 Å². The first-order valence-electron chi connectivity index (χ1n) is 6.36. The minimum atomic E-state index is -0.266. The van der Waals surface area contributed by atoms with Gasteiger partial charge in [-0.2, -0.15) is 0 Å². The number of nitrogens with two attached hydrogens (primary N) is 1. The van der Waals surface area contributed by atoms with Crippen molar-refractivity contribution in [2.24, 2.45) is 0 Å². The lowest BCUT2D eigenvalue weighted by atomic mass is 10.1. The molecule has 1 heterocycles. The molecular formula is C15H14FIN2O. The summed E-state index contributed by atoms with van der Waals surface area (Å²) in [6.45, 7) is 0.596. The van der Waals surface area contributed by atoms with Crippen molar-refractivity contribution < 1.29 is 9.13 Å². The van der Waals surface area contributed by atoms with Gasteiger partial charge in [0.1, 0.15) is 17.7 Å². The topological polar surface area (TPSA) is 47.3 Å². The van der Waals surface area contributed by atoms with Crippen molar-refractivity contribution in [1.82, 2.24) is 0 Å². The average Bonchev–Trinajstić information content (AvgIpc) is 2.84. The van der Waals surface area contributed by atoms with Crippen molar-refractivity contribution in [3.05, 3.63) is 51.3 Å². The minimum absolute atomic E-state index is 0.0501. The van der Waals surface area contributed by atoms with Gasteiger partial charge in [0, 0.05) is 12.5 Å². The molecule has 20 heavy (non-hydrogen) atoms. The summed E-state index contributed by atoms with van der Waals surface area (Å²) in [6.07, 6.45) is 0.907. The maximum atomic E-state index is 13.5. The van der Waals surface area contributed by atoms with Crippen LogP contribution in [0, 0.1) is 9.39 Å². The quantitative estimate of drug-likeness (QED) is 0.630. The maximum absolute atomic E-state index is 13.5. The zero-order valence-corrected chi connectivity index (χ0v) is 12.9. The highest BCUT2D eigenvalue weighted by atomic mass is 127. The average molecular weight is 384 g/mol. The molecule has 1 atom stereocenters. The predicted octanol–water partition coefficient (Wildman–Crippen LogP) is 3.43. The molecule has 104 valence electrons. The number of para-hydroxylation sites is 1. The summed E-state index contributed by atoms with van der Waals surface area (Å²) in [5.41, 5.74) is 8.25. The molecule has 0 aromatic heterocycles. The molecule has 1 aliphatic rings. The Morgan fingerprint density at radius 1 is 1.35 bits per heavy atom. The molecule has 0 fully saturated rings. The minimum Gasteiger partial charge on any atom is -0.488 e. The van der Waals surface area contributed by atoms with E-state index in [2.05, 4.69) is 11.4 Å². The summed E-state index contributed by atoms with van der Waals surface area (Å²) in [7, 11) is 0. The number of benzene rings is 2. The molecule has 5 heteroatoms. The Balaban J connectivity index is 1.66. The fourth-order valence-corrected chi connectivity index (χ4v) is 2.80. The summed E-state index contributed by atoms with van der Waals surface area (Å²) in [5, 5.41) is 3.16. The number of hydrogen-bond donors (Lipinski definition) is 2. The van der Waals surface area contributed by atoms with Crippen molar-refractivity contribution in [1.29, 1.82) is 0 Å². The van der Waals surface area contributed by atoms with Gasteiger partial charge in [-0.1, -0.05) is 18.2 Å². The lowest BCUT2D eigenvalue weighted by Gasteiger charge is -2.14. The van der Waals surface area contributed by atoms with Gasteiger partial charge in [-0.15, -0.1) is 0 Å². The van der Waals surface area contributed by atoms with Crippen LogP contribution in [0.5, 0.6) is 5.75 Å². The largest absolute Gasteiger partial charge is 0.488 e. The van der Waals surface area contributed by atoms with E-state index in [0.29, 0.717) is 21.5 Å². The number of anilines is 2. The van der Waals surface area contributed by atoms with E-state index < -0.39 is 0 Å². The molecule has 1 aliphatic heterocycles. The van der Waals surface area contributed by atoms with E-state index in [1.807, 2.05) is 40.8 Å². The summed E-state index contributed by atoms with van der Waals surface area (Å²) in [5.74, 6) is 0.666. The Labute approximate surface area is 130 Å². The molecule has 0 radical (unpaired) electrons. The van der Waals surface area contributed by atoms with Crippen LogP contribution >= 0.6 is 22.6 Å². The standard InChI is InChI=1S/C15H14FIN2O/c16-11-6-14(13(18)7-12(11)17)19-8-10-5-9-3-1-2-4-15(9)20-10/h1-4,6-7,10,19H,5,8,18H2. The monoisotopic (exact) mass is 384 g/mol. The van der Waals surface area contributed by atoms with E-state index >= 15 is 0 Å². The van der Waals surface area contributed by atoms with Crippen LogP contribution in [0.25, 0.3) is 0 Å². The van der Waals surface area contributed by atoms with Crippen molar-refractivity contribution in [3.8, 4) is 5.75 Å². The third-order valence-electron chi connectivity index (χ3n) is 3.33. The summed E-state index contributed by atoms with van der Waals surface area (Å²) >= 11 is 1.93. The lowest BCUT2D eigenvalue weighted by Crippen LogP contribution is -2.24. The van der Waals surface area contributed by atoms with Gasteiger partial charge in [-0.3, -0.25) is 0 Å². The second kappa shape index (κ2) is 5.47. The number of nitrogen functional groups attached to an aromatic ring is 1. The Morgan fingerprint density at radius 2 is 2.15 bits per heavy atom. The maximum Gasteiger partial charge on any atom is 0.138 e. The Morgan fingerprint density at radius 3 is 2.95 bits per heavy atom. The van der Waals surface area contributed by atoms with Gasteiger partial charge in [0.05, 0.1) is 21.5 Å². The summed E-state index contributed by atoms with van der Waals surface area (Å²) in [6, 6.07) is 11.1. The number of fused-ring (bicyclic) bond motifs is 1. The van der Waals surface area contributed by atoms with Gasteiger partial charge in [0.2, 0.25) is 0 Å². The molecule has 3 nitrogen and oxygen atoms in total. The zero-order chi connectivity index (χ0) is 14.1. The molecule has 3 N–H and O–H groups in total. The van der Waals surface area contributed by atoms with Crippen molar-refractivity contribution in [2.75, 3.05) is 17.6 Å². The first-order valence-corrected chi connectivity index (χ1v) is 7.44. The second-order valence-corrected chi connectivity index (χ2v) is 5.95. The van der Waals surface area contributed by atoms with E-state index in [4.69, 9.17) is 10.5 Å². The predicted molar refractivity (Wildman–Crippen MR) is 86.6 cm³/mol. The van der Waals surface area contributed by atoms with Crippen LogP contribution in [0.4, 0.5) is 15.8 Å². The van der Waals surface area contributed by atoms with Gasteiger partial charge >= 0.3 is 0 Å². The van der Waals surface area contributed by atoms with Crippen LogP contribution in [0.15, 0.2) is 36.4 Å². The molecule has 0 saturated heterocycles. The number of ether oxygens (including phenoxy) is 1. The van der Waals surface area contributed by atoms with Gasteiger partial charge in [0.15, 0.2) is 0 Å². The molecule has 2 aromatic rings. The van der Waals surface area contributed by atoms with E-state index in [-0.39, 0.29) is 11.9 Å². The fraction of sp³-hybridized carbons (Fsp3) is 0.200. The molecule has 0 saturated carbocycles. The van der Waals surface area contributed by atoms with Crippen LogP contribution in [-0.2, 0) is 6.42 Å². The first-order chi connectivity index (χ1) is 9.63. The van der Waals surface area contributed by atoms with Gasteiger partial charge in [0.25, 0.3) is 0 Å². The molecule has 0 aliphatic carbocycles. The van der Waals surface area contributed by atoms with Gasteiger partial charge in [-0.05, 0) is 40.3 Å². The van der Waals surface area contributed by atoms with Crippen LogP contribution in [-0.4, -0.2) is 12.6 Å². The second-order valence-electron chi connectivity index (χ2n) is 4.79. The Hall–Kier alpha value is -1.50. The molecule has 0 bridgehead atoms. The van der Waals surface area contributed by atoms with E-state index in [0.717, 1.165) is 12.2 Å². The first kappa shape index (κ1) is 13.5. The number of hydrogen-bond acceptors (Lipinski definition) is 3. The van der Waals surface area contributed by atoms with E-state index in [1.54, 1.807) is 6.07 Å². The highest BCUT2D eigenvalue weighted by molar-refractivity contribution is 14.1. The van der Waals surface area contributed by atoms with Crippen molar-refractivity contribution in [2.45, 2.75) is 12.5 Å². The molecule has 2 aromatic carbocycles. The van der Waals surface area contributed by atoms with Crippen LogP contribution < -0.4 is 15.8 Å². The number of rotatable bonds is 3. The van der Waals surface area contributed by atoms with E-state index in [9.17, 15) is 4.39 Å². The third-order valence-corrected chi connectivity index (χ3v) is 4.15. The van der Waals surface area contributed by atoms with E-state index in [1.165, 1.54) is 11.6 Å². The Bertz CT molecular complexity index is 623. The van der Waals surface area contributed by atoms with Crippen molar-refractivity contribution >= 4 is 34.0 Å². The smallest absolute Gasteiger partial charge is 0.138 e. The highest BCUT2D eigenvalue weighted by Crippen LogP contribution is 2.29. The molecule has 3 rings (SSSR count). The molecule has 0 spiro atoms. The van der Waals surface area contributed by atoms with Crippen LogP contribution in [0.1, 0.15) is 5.56 Å². The fourth-order valence-electron chi connectivity index (χ4n) is 2.31. The SMILES string of the molecule is Nc1cc(I)c(F)cc1NCC1Cc2ccccc2O1. The number of nitrogens with one attached hydrogen (secondary N) is 1. The third kappa shape index (κ3) is 2.67. The normalized spacial score (nSPS) is 16.6. The highest BCUT2D eigenvalue weighted by Gasteiger charge is 2.22. The Kier molecular flexibility index (Phi) is 3.69. The summed E-state index contributed by atoms with van der Waals surface area (Å²) in [4.78, 5) is 0. The number of halogens is 2. The lowest BCUT2D eigenvalue weighted by molar-refractivity contribution is 0.246. The van der Waals surface area contributed by atoms with Crippen LogP contribution in [0.2, 0.25) is 0 Å². The zero-order valence-electron chi connectivity index (χ0n) is 10.7. The van der Waals surface area contributed by atoms with Gasteiger partial charge in [-0.25, -0.2) is 4.39 Å². The molecule has 0 amide bonds. The van der Waals surface area contributed by atoms with Crippen LogP contribution in [0.3, 0.4) is 0 Å². The molecular weight excluding hydrogens is 370 g/mol. The molecule has 1 unspecified atom stereocenters.